The molecule has 2 fully saturated rings. The lowest BCUT2D eigenvalue weighted by Crippen LogP contribution is -2.50. The molecule has 7 nitrogen and oxygen atoms in total. The number of benzene rings is 1. The van der Waals surface area contributed by atoms with E-state index in [0.29, 0.717) is 45.1 Å². The highest BCUT2D eigenvalue weighted by Crippen LogP contribution is 2.33. The topological polar surface area (TPSA) is 89.9 Å². The van der Waals surface area contributed by atoms with Crippen molar-refractivity contribution in [3.8, 4) is 17.1 Å². The highest BCUT2D eigenvalue weighted by Gasteiger charge is 2.40. The minimum Gasteiger partial charge on any atom is -0.480 e. The molecule has 0 atom stereocenters. The second kappa shape index (κ2) is 10.5. The molecular weight excluding hydrogens is 420 g/mol. The lowest BCUT2D eigenvalue weighted by molar-refractivity contribution is -0.145. The first-order valence-electron chi connectivity index (χ1n) is 11.9. The summed E-state index contributed by atoms with van der Waals surface area (Å²) in [5, 5.41) is 13.2. The van der Waals surface area contributed by atoms with Gasteiger partial charge in [-0.1, -0.05) is 18.9 Å². The number of nitrogens with one attached hydrogen (secondary N) is 1. The maximum Gasteiger partial charge on any atom is 0.329 e. The van der Waals surface area contributed by atoms with E-state index in [1.165, 1.54) is 12.8 Å². The van der Waals surface area contributed by atoms with Crippen molar-refractivity contribution in [3.63, 3.8) is 0 Å². The number of anilines is 1. The summed E-state index contributed by atoms with van der Waals surface area (Å²) in [6.07, 6.45) is 5.72. The number of carbonyl (C=O) groups is 1. The molecule has 2 aromatic rings. The van der Waals surface area contributed by atoms with E-state index in [9.17, 15) is 9.90 Å². The molecule has 0 spiro atoms. The smallest absolute Gasteiger partial charge is 0.329 e. The van der Waals surface area contributed by atoms with Gasteiger partial charge in [0, 0.05) is 43.4 Å². The van der Waals surface area contributed by atoms with Crippen LogP contribution in [0.3, 0.4) is 0 Å². The summed E-state index contributed by atoms with van der Waals surface area (Å²) in [7, 11) is 0. The molecule has 0 radical (unpaired) electrons. The van der Waals surface area contributed by atoms with Crippen molar-refractivity contribution < 1.29 is 24.1 Å². The van der Waals surface area contributed by atoms with Crippen LogP contribution in [0.1, 0.15) is 56.6 Å². The number of aromatic nitrogens is 1. The van der Waals surface area contributed by atoms with Crippen LogP contribution in [0, 0.1) is 6.92 Å². The number of hydrogen-bond acceptors (Lipinski definition) is 6. The number of rotatable bonds is 9. The summed E-state index contributed by atoms with van der Waals surface area (Å²) in [6, 6.07) is 9.91. The van der Waals surface area contributed by atoms with Gasteiger partial charge in [-0.25, -0.2) is 9.78 Å². The Kier molecular flexibility index (Phi) is 7.50. The predicted octanol–water partition coefficient (Wildman–Crippen LogP) is 4.96. The zero-order chi connectivity index (χ0) is 23.3. The third-order valence-electron chi connectivity index (χ3n) is 6.54. The quantitative estimate of drug-likeness (QED) is 0.553. The molecule has 33 heavy (non-hydrogen) atoms. The van der Waals surface area contributed by atoms with Gasteiger partial charge in [-0.3, -0.25) is 0 Å². The summed E-state index contributed by atoms with van der Waals surface area (Å²) in [4.78, 5) is 16.8. The van der Waals surface area contributed by atoms with Gasteiger partial charge in [0.2, 0.25) is 5.88 Å². The zero-order valence-corrected chi connectivity index (χ0v) is 19.6. The molecule has 1 saturated carbocycles. The summed E-state index contributed by atoms with van der Waals surface area (Å²) >= 11 is 0. The second-order valence-corrected chi connectivity index (χ2v) is 9.02. The van der Waals surface area contributed by atoms with Gasteiger partial charge >= 0.3 is 5.97 Å². The number of pyridine rings is 1. The van der Waals surface area contributed by atoms with Crippen molar-refractivity contribution in [2.45, 2.75) is 70.6 Å². The van der Waals surface area contributed by atoms with E-state index in [4.69, 9.17) is 19.2 Å². The normalized spacial score (nSPS) is 18.2. The first-order valence-corrected chi connectivity index (χ1v) is 11.9. The number of aryl methyl sites for hydroxylation is 1. The molecule has 2 heterocycles. The Morgan fingerprint density at radius 3 is 2.67 bits per heavy atom. The molecular formula is C26H34N2O5. The van der Waals surface area contributed by atoms with Crippen LogP contribution in [0.25, 0.3) is 11.3 Å². The third kappa shape index (κ3) is 5.65. The Labute approximate surface area is 195 Å². The van der Waals surface area contributed by atoms with Gasteiger partial charge in [-0.2, -0.15) is 0 Å². The van der Waals surface area contributed by atoms with E-state index in [1.54, 1.807) is 0 Å². The molecule has 0 unspecified atom stereocenters. The largest absolute Gasteiger partial charge is 0.480 e. The van der Waals surface area contributed by atoms with Gasteiger partial charge in [0.25, 0.3) is 0 Å². The van der Waals surface area contributed by atoms with E-state index >= 15 is 0 Å². The van der Waals surface area contributed by atoms with Crippen molar-refractivity contribution in [1.29, 1.82) is 0 Å². The fraction of sp³-hybridized carbons (Fsp3) is 0.538. The second-order valence-electron chi connectivity index (χ2n) is 9.02. The molecule has 4 rings (SSSR count). The van der Waals surface area contributed by atoms with E-state index in [1.807, 2.05) is 44.2 Å². The third-order valence-corrected chi connectivity index (χ3v) is 6.54. The van der Waals surface area contributed by atoms with E-state index in [2.05, 4.69) is 5.32 Å². The molecule has 7 heteroatoms. The average molecular weight is 455 g/mol. The number of ether oxygens (including phenoxy) is 3. The minimum absolute atomic E-state index is 0.278. The lowest BCUT2D eigenvalue weighted by Gasteiger charge is -2.35. The van der Waals surface area contributed by atoms with Gasteiger partial charge in [0.1, 0.15) is 5.54 Å². The van der Waals surface area contributed by atoms with Crippen LogP contribution in [0.5, 0.6) is 5.88 Å². The van der Waals surface area contributed by atoms with E-state index < -0.39 is 11.5 Å². The maximum absolute atomic E-state index is 12.1. The molecule has 0 bridgehead atoms. The highest BCUT2D eigenvalue weighted by atomic mass is 16.5. The SMILES string of the molecule is CCOc1cc(C)cc(-c2ccc(NC3(C(=O)O)CCOCC3)cc2COC2CCCC2)n1. The van der Waals surface area contributed by atoms with Crippen LogP contribution in [0.2, 0.25) is 0 Å². The Bertz CT molecular complexity index is 965. The van der Waals surface area contributed by atoms with Gasteiger partial charge in [-0.15, -0.1) is 0 Å². The Balaban J connectivity index is 1.66. The molecule has 1 aromatic carbocycles. The first kappa shape index (κ1) is 23.5. The number of carboxylic acid groups (broad SMARTS) is 1. The van der Waals surface area contributed by atoms with Gasteiger partial charge in [0.05, 0.1) is 25.0 Å². The van der Waals surface area contributed by atoms with Gasteiger partial charge < -0.3 is 24.6 Å². The highest BCUT2D eigenvalue weighted by molar-refractivity contribution is 5.83. The van der Waals surface area contributed by atoms with Crippen molar-refractivity contribution in [2.24, 2.45) is 0 Å². The van der Waals surface area contributed by atoms with Crippen LogP contribution in [0.15, 0.2) is 30.3 Å². The molecule has 1 aliphatic heterocycles. The summed E-state index contributed by atoms with van der Waals surface area (Å²) in [6.45, 7) is 5.85. The summed E-state index contributed by atoms with van der Waals surface area (Å²) in [5.41, 5.74) is 3.60. The van der Waals surface area contributed by atoms with Crippen LogP contribution in [-0.2, 0) is 20.9 Å². The molecule has 2 N–H and O–H groups in total. The van der Waals surface area contributed by atoms with Gasteiger partial charge in [-0.05, 0) is 56.0 Å². The van der Waals surface area contributed by atoms with Crippen LogP contribution >= 0.6 is 0 Å². The Hall–Kier alpha value is -2.64. The molecule has 1 aromatic heterocycles. The molecule has 1 aliphatic carbocycles. The maximum atomic E-state index is 12.1. The molecule has 178 valence electrons. The van der Waals surface area contributed by atoms with Crippen molar-refractivity contribution in [1.82, 2.24) is 4.98 Å². The lowest BCUT2D eigenvalue weighted by atomic mass is 9.89. The number of carboxylic acids is 1. The monoisotopic (exact) mass is 454 g/mol. The fourth-order valence-corrected chi connectivity index (χ4v) is 4.69. The van der Waals surface area contributed by atoms with Crippen LogP contribution in [-0.4, -0.2) is 47.5 Å². The number of nitrogens with zero attached hydrogens (tertiary/aromatic N) is 1. The van der Waals surface area contributed by atoms with Crippen LogP contribution in [0.4, 0.5) is 5.69 Å². The Morgan fingerprint density at radius 1 is 1.21 bits per heavy atom. The molecule has 1 saturated heterocycles. The zero-order valence-electron chi connectivity index (χ0n) is 19.6. The van der Waals surface area contributed by atoms with E-state index in [-0.39, 0.29) is 6.10 Å². The van der Waals surface area contributed by atoms with Crippen LogP contribution < -0.4 is 10.1 Å². The molecule has 2 aliphatic rings. The fourth-order valence-electron chi connectivity index (χ4n) is 4.69. The van der Waals surface area contributed by atoms with Crippen molar-refractivity contribution in [2.75, 3.05) is 25.1 Å². The molecule has 0 amide bonds. The minimum atomic E-state index is -1.02. The standard InChI is InChI=1S/C26H34N2O5/c1-3-32-24-15-18(2)14-23(27-24)22-9-8-20(16-19(22)17-33-21-6-4-5-7-21)28-26(25(29)30)10-12-31-13-11-26/h8-9,14-16,21,28H,3-7,10-13,17H2,1-2H3,(H,29,30). The first-order chi connectivity index (χ1) is 16.0. The predicted molar refractivity (Wildman–Crippen MR) is 127 cm³/mol. The number of aliphatic carboxylic acids is 1. The summed E-state index contributed by atoms with van der Waals surface area (Å²) < 4.78 is 17.3. The van der Waals surface area contributed by atoms with Gasteiger partial charge in [0.15, 0.2) is 0 Å². The van der Waals surface area contributed by atoms with E-state index in [0.717, 1.165) is 40.9 Å². The van der Waals surface area contributed by atoms with Crippen molar-refractivity contribution in [3.05, 3.63) is 41.5 Å². The number of hydrogen-bond donors (Lipinski definition) is 2. The average Bonchev–Trinajstić information content (AvgIpc) is 3.32. The summed E-state index contributed by atoms with van der Waals surface area (Å²) in [5.74, 6) is -0.246. The van der Waals surface area contributed by atoms with Crippen molar-refractivity contribution >= 4 is 11.7 Å². The Morgan fingerprint density at radius 2 is 1.97 bits per heavy atom.